The number of fused-ring (bicyclic) bond motifs is 1. The fourth-order valence-corrected chi connectivity index (χ4v) is 6.01. The maximum atomic E-state index is 5.64. The first-order valence-corrected chi connectivity index (χ1v) is 13.4. The number of thiazole rings is 1. The number of ether oxygens (including phenoxy) is 2. The molecular formula is C28H30ClN7O2S. The molecule has 1 unspecified atom stereocenters. The lowest BCUT2D eigenvalue weighted by molar-refractivity contribution is 0.201. The standard InChI is InChI=1S/C28H29N7O2S.ClH/c1-36-23-13-12-21(18-24(23)37-2)26(27-30-31-32-35(27)19-20-8-4-3-5-9-20)33-14-16-34(17-15-33)28-29-22-10-6-7-11-25(22)38-28;/h3-13,18,26H,14-17,19H2,1-2H3;1H. The third-order valence-corrected chi connectivity index (χ3v) is 8.03. The molecule has 0 amide bonds. The van der Waals surface area contributed by atoms with Crippen LogP contribution in [-0.4, -0.2) is 70.5 Å². The molecule has 3 aromatic carbocycles. The Bertz CT molecular complexity index is 1490. The number of rotatable bonds is 8. The third-order valence-electron chi connectivity index (χ3n) is 6.94. The second kappa shape index (κ2) is 12.0. The van der Waals surface area contributed by atoms with Gasteiger partial charge in [-0.25, -0.2) is 9.67 Å². The molecule has 39 heavy (non-hydrogen) atoms. The van der Waals surface area contributed by atoms with Crippen molar-refractivity contribution < 1.29 is 9.47 Å². The van der Waals surface area contributed by atoms with Gasteiger partial charge in [-0.3, -0.25) is 4.90 Å². The van der Waals surface area contributed by atoms with Crippen LogP contribution in [0.3, 0.4) is 0 Å². The van der Waals surface area contributed by atoms with E-state index in [9.17, 15) is 0 Å². The third kappa shape index (κ3) is 5.54. The van der Waals surface area contributed by atoms with E-state index in [2.05, 4.69) is 61.7 Å². The molecule has 1 saturated heterocycles. The molecule has 0 spiro atoms. The normalized spacial score (nSPS) is 14.7. The Morgan fingerprint density at radius 3 is 2.36 bits per heavy atom. The highest BCUT2D eigenvalue weighted by Gasteiger charge is 2.32. The molecule has 0 N–H and O–H groups in total. The maximum absolute atomic E-state index is 5.64. The number of hydrogen-bond acceptors (Lipinski definition) is 9. The molecule has 0 saturated carbocycles. The van der Waals surface area contributed by atoms with Crippen LogP contribution in [0.4, 0.5) is 5.13 Å². The Morgan fingerprint density at radius 1 is 0.872 bits per heavy atom. The summed E-state index contributed by atoms with van der Waals surface area (Å²) in [6.07, 6.45) is 0. The fourth-order valence-electron chi connectivity index (χ4n) is 4.99. The zero-order chi connectivity index (χ0) is 25.9. The van der Waals surface area contributed by atoms with Crippen molar-refractivity contribution in [3.8, 4) is 11.5 Å². The summed E-state index contributed by atoms with van der Waals surface area (Å²) in [5.41, 5.74) is 3.26. The van der Waals surface area contributed by atoms with Crippen molar-refractivity contribution in [3.05, 3.63) is 89.7 Å². The van der Waals surface area contributed by atoms with Crippen molar-refractivity contribution in [1.82, 2.24) is 30.1 Å². The van der Waals surface area contributed by atoms with Gasteiger partial charge in [0.2, 0.25) is 0 Å². The van der Waals surface area contributed by atoms with Crippen LogP contribution in [0.15, 0.2) is 72.8 Å². The van der Waals surface area contributed by atoms with E-state index >= 15 is 0 Å². The van der Waals surface area contributed by atoms with Crippen LogP contribution < -0.4 is 14.4 Å². The molecule has 9 nitrogen and oxygen atoms in total. The van der Waals surface area contributed by atoms with Crippen molar-refractivity contribution in [3.63, 3.8) is 0 Å². The van der Waals surface area contributed by atoms with Crippen LogP contribution in [0.2, 0.25) is 0 Å². The van der Waals surface area contributed by atoms with Gasteiger partial charge in [0, 0.05) is 26.2 Å². The molecule has 6 rings (SSSR count). The van der Waals surface area contributed by atoms with E-state index in [1.807, 2.05) is 41.1 Å². The van der Waals surface area contributed by atoms with Gasteiger partial charge in [0.05, 0.1) is 37.0 Å². The molecule has 1 aliphatic heterocycles. The number of benzene rings is 3. The Morgan fingerprint density at radius 2 is 1.62 bits per heavy atom. The number of piperazine rings is 1. The van der Waals surface area contributed by atoms with Crippen molar-refractivity contribution in [2.75, 3.05) is 45.3 Å². The van der Waals surface area contributed by atoms with Crippen LogP contribution in [0.5, 0.6) is 11.5 Å². The average Bonchev–Trinajstić information content (AvgIpc) is 3.61. The lowest BCUT2D eigenvalue weighted by Crippen LogP contribution is -2.48. The quantitative estimate of drug-likeness (QED) is 0.269. The Balaban J connectivity index is 0.00000308. The summed E-state index contributed by atoms with van der Waals surface area (Å²) in [6.45, 7) is 4.01. The average molecular weight is 564 g/mol. The fraction of sp³-hybridized carbons (Fsp3) is 0.286. The van der Waals surface area contributed by atoms with Gasteiger partial charge < -0.3 is 14.4 Å². The van der Waals surface area contributed by atoms with Crippen molar-refractivity contribution in [2.24, 2.45) is 0 Å². The molecule has 11 heteroatoms. The van der Waals surface area contributed by atoms with Gasteiger partial charge in [-0.2, -0.15) is 0 Å². The number of anilines is 1. The van der Waals surface area contributed by atoms with Crippen LogP contribution in [0, 0.1) is 0 Å². The van der Waals surface area contributed by atoms with Gasteiger partial charge in [-0.1, -0.05) is 59.9 Å². The first kappa shape index (κ1) is 26.9. The molecular weight excluding hydrogens is 534 g/mol. The van der Waals surface area contributed by atoms with Crippen molar-refractivity contribution >= 4 is 39.1 Å². The van der Waals surface area contributed by atoms with Crippen LogP contribution in [0.1, 0.15) is 23.0 Å². The van der Waals surface area contributed by atoms with Crippen LogP contribution >= 0.6 is 23.7 Å². The smallest absolute Gasteiger partial charge is 0.186 e. The summed E-state index contributed by atoms with van der Waals surface area (Å²) >= 11 is 1.75. The molecule has 1 aliphatic rings. The number of hydrogen-bond donors (Lipinski definition) is 0. The first-order valence-electron chi connectivity index (χ1n) is 12.6. The number of aromatic nitrogens is 5. The molecule has 0 aliphatic carbocycles. The summed E-state index contributed by atoms with van der Waals surface area (Å²) < 4.78 is 14.3. The Hall–Kier alpha value is -3.73. The molecule has 0 bridgehead atoms. The highest BCUT2D eigenvalue weighted by atomic mass is 35.5. The van der Waals surface area contributed by atoms with E-state index in [0.29, 0.717) is 18.0 Å². The number of methoxy groups -OCH3 is 2. The number of tetrazole rings is 1. The molecule has 5 aromatic rings. The molecule has 202 valence electrons. The van der Waals surface area contributed by atoms with Crippen molar-refractivity contribution in [1.29, 1.82) is 0 Å². The topological polar surface area (TPSA) is 81.4 Å². The van der Waals surface area contributed by atoms with Crippen molar-refractivity contribution in [2.45, 2.75) is 12.6 Å². The predicted molar refractivity (Wildman–Crippen MR) is 155 cm³/mol. The first-order chi connectivity index (χ1) is 18.7. The lowest BCUT2D eigenvalue weighted by Gasteiger charge is -2.39. The lowest BCUT2D eigenvalue weighted by atomic mass is 10.0. The van der Waals surface area contributed by atoms with E-state index in [-0.39, 0.29) is 18.4 Å². The second-order valence-electron chi connectivity index (χ2n) is 9.18. The number of halogens is 1. The molecule has 2 aromatic heterocycles. The zero-order valence-corrected chi connectivity index (χ0v) is 23.4. The van der Waals surface area contributed by atoms with E-state index in [1.165, 1.54) is 4.70 Å². The summed E-state index contributed by atoms with van der Waals surface area (Å²) in [5, 5.41) is 14.1. The Kier molecular flexibility index (Phi) is 8.25. The van der Waals surface area contributed by atoms with Gasteiger partial charge in [-0.15, -0.1) is 17.5 Å². The van der Waals surface area contributed by atoms with Crippen LogP contribution in [-0.2, 0) is 6.54 Å². The van der Waals surface area contributed by atoms with E-state index in [1.54, 1.807) is 25.6 Å². The molecule has 1 fully saturated rings. The monoisotopic (exact) mass is 563 g/mol. The maximum Gasteiger partial charge on any atom is 0.186 e. The SMILES string of the molecule is COc1ccc(C(c2nnnn2Cc2ccccc2)N2CCN(c3nc4ccccc4s3)CC2)cc1OC.Cl. The summed E-state index contributed by atoms with van der Waals surface area (Å²) in [4.78, 5) is 9.69. The van der Waals surface area contributed by atoms with E-state index < -0.39 is 0 Å². The predicted octanol–water partition coefficient (Wildman–Crippen LogP) is 4.68. The molecule has 1 atom stereocenters. The second-order valence-corrected chi connectivity index (χ2v) is 10.2. The Labute approximate surface area is 237 Å². The molecule has 0 radical (unpaired) electrons. The molecule has 3 heterocycles. The summed E-state index contributed by atoms with van der Waals surface area (Å²) in [5.74, 6) is 2.18. The van der Waals surface area contributed by atoms with E-state index in [0.717, 1.165) is 53.8 Å². The summed E-state index contributed by atoms with van der Waals surface area (Å²) in [7, 11) is 3.31. The minimum atomic E-state index is -0.147. The van der Waals surface area contributed by atoms with E-state index in [4.69, 9.17) is 14.5 Å². The highest BCUT2D eigenvalue weighted by Crippen LogP contribution is 2.36. The highest BCUT2D eigenvalue weighted by molar-refractivity contribution is 7.22. The summed E-state index contributed by atoms with van der Waals surface area (Å²) in [6, 6.07) is 24.5. The van der Waals surface area contributed by atoms with Gasteiger partial charge in [0.15, 0.2) is 22.5 Å². The zero-order valence-electron chi connectivity index (χ0n) is 21.8. The number of nitrogens with zero attached hydrogens (tertiary/aromatic N) is 7. The van der Waals surface area contributed by atoms with Gasteiger partial charge in [0.25, 0.3) is 0 Å². The minimum Gasteiger partial charge on any atom is -0.493 e. The van der Waals surface area contributed by atoms with Gasteiger partial charge in [0.1, 0.15) is 0 Å². The van der Waals surface area contributed by atoms with Gasteiger partial charge >= 0.3 is 0 Å². The van der Waals surface area contributed by atoms with Crippen LogP contribution in [0.25, 0.3) is 10.2 Å². The largest absolute Gasteiger partial charge is 0.493 e. The number of para-hydroxylation sites is 1. The minimum absolute atomic E-state index is 0. The van der Waals surface area contributed by atoms with Gasteiger partial charge in [-0.05, 0) is 45.8 Å².